The van der Waals surface area contributed by atoms with Gasteiger partial charge in [-0.2, -0.15) is 0 Å². The Balaban J connectivity index is 1.52. The van der Waals surface area contributed by atoms with Crippen molar-refractivity contribution in [2.75, 3.05) is 19.6 Å². The first-order valence-electron chi connectivity index (χ1n) is 7.81. The van der Waals surface area contributed by atoms with Crippen molar-refractivity contribution < 1.29 is 0 Å². The molecule has 0 spiro atoms. The Morgan fingerprint density at radius 3 is 2.90 bits per heavy atom. The second-order valence-electron chi connectivity index (χ2n) is 5.82. The Kier molecular flexibility index (Phi) is 4.67. The van der Waals surface area contributed by atoms with E-state index in [1.54, 1.807) is 0 Å². The van der Waals surface area contributed by atoms with Crippen LogP contribution >= 0.6 is 0 Å². The van der Waals surface area contributed by atoms with E-state index in [4.69, 9.17) is 0 Å². The fraction of sp³-hybridized carbons (Fsp3) is 0.444. The second kappa shape index (κ2) is 6.87. The SMILES string of the molecule is c1ccc2c(CNCCC3CCCNC3)cccc2c1. The van der Waals surface area contributed by atoms with Gasteiger partial charge >= 0.3 is 0 Å². The highest BCUT2D eigenvalue weighted by molar-refractivity contribution is 5.85. The van der Waals surface area contributed by atoms with Gasteiger partial charge in [0.2, 0.25) is 0 Å². The van der Waals surface area contributed by atoms with Crippen LogP contribution in [0.25, 0.3) is 10.8 Å². The summed E-state index contributed by atoms with van der Waals surface area (Å²) >= 11 is 0. The Labute approximate surface area is 121 Å². The minimum atomic E-state index is 0.865. The first-order chi connectivity index (χ1) is 9.93. The van der Waals surface area contributed by atoms with Crippen molar-refractivity contribution >= 4 is 10.8 Å². The molecular weight excluding hydrogens is 244 g/mol. The number of benzene rings is 2. The van der Waals surface area contributed by atoms with E-state index in [2.05, 4.69) is 53.1 Å². The molecule has 1 unspecified atom stereocenters. The Morgan fingerprint density at radius 2 is 2.00 bits per heavy atom. The van der Waals surface area contributed by atoms with Crippen LogP contribution in [0.5, 0.6) is 0 Å². The van der Waals surface area contributed by atoms with Gasteiger partial charge in [-0.15, -0.1) is 0 Å². The maximum atomic E-state index is 3.61. The van der Waals surface area contributed by atoms with Crippen molar-refractivity contribution in [1.82, 2.24) is 10.6 Å². The summed E-state index contributed by atoms with van der Waals surface area (Å²) in [6.07, 6.45) is 4.02. The normalized spacial score (nSPS) is 19.3. The van der Waals surface area contributed by atoms with Crippen molar-refractivity contribution in [2.45, 2.75) is 25.8 Å². The minimum absolute atomic E-state index is 0.865. The fourth-order valence-electron chi connectivity index (χ4n) is 3.15. The molecule has 1 aliphatic heterocycles. The van der Waals surface area contributed by atoms with E-state index >= 15 is 0 Å². The van der Waals surface area contributed by atoms with Crippen LogP contribution in [-0.2, 0) is 6.54 Å². The first-order valence-corrected chi connectivity index (χ1v) is 7.81. The predicted molar refractivity (Wildman–Crippen MR) is 85.9 cm³/mol. The highest BCUT2D eigenvalue weighted by Gasteiger charge is 2.11. The van der Waals surface area contributed by atoms with Gasteiger partial charge in [0.05, 0.1) is 0 Å². The molecule has 2 heteroatoms. The zero-order valence-corrected chi connectivity index (χ0v) is 12.1. The van der Waals surface area contributed by atoms with Crippen LogP contribution in [-0.4, -0.2) is 19.6 Å². The van der Waals surface area contributed by atoms with Gasteiger partial charge in [0.1, 0.15) is 0 Å². The lowest BCUT2D eigenvalue weighted by atomic mass is 9.96. The fourth-order valence-corrected chi connectivity index (χ4v) is 3.15. The summed E-state index contributed by atoms with van der Waals surface area (Å²) in [5.41, 5.74) is 1.41. The molecule has 106 valence electrons. The van der Waals surface area contributed by atoms with E-state index in [1.165, 1.54) is 48.7 Å². The average Bonchev–Trinajstić information content (AvgIpc) is 2.53. The van der Waals surface area contributed by atoms with E-state index in [-0.39, 0.29) is 0 Å². The summed E-state index contributed by atoms with van der Waals surface area (Å²) in [7, 11) is 0. The third-order valence-corrected chi connectivity index (χ3v) is 4.32. The van der Waals surface area contributed by atoms with Gasteiger partial charge in [0, 0.05) is 6.54 Å². The summed E-state index contributed by atoms with van der Waals surface area (Å²) < 4.78 is 0. The van der Waals surface area contributed by atoms with Crippen LogP contribution < -0.4 is 10.6 Å². The molecule has 0 aliphatic carbocycles. The largest absolute Gasteiger partial charge is 0.316 e. The molecule has 0 saturated carbocycles. The standard InChI is InChI=1S/C18H24N2/c1-2-9-18-16(6-1)7-3-8-17(18)14-20-12-10-15-5-4-11-19-13-15/h1-3,6-9,15,19-20H,4-5,10-14H2. The van der Waals surface area contributed by atoms with Gasteiger partial charge in [-0.1, -0.05) is 42.5 Å². The topological polar surface area (TPSA) is 24.1 Å². The number of nitrogens with one attached hydrogen (secondary N) is 2. The molecule has 0 amide bonds. The third kappa shape index (κ3) is 3.38. The molecule has 0 aromatic heterocycles. The van der Waals surface area contributed by atoms with Crippen molar-refractivity contribution in [3.63, 3.8) is 0 Å². The number of fused-ring (bicyclic) bond motifs is 1. The van der Waals surface area contributed by atoms with Crippen molar-refractivity contribution in [3.05, 3.63) is 48.0 Å². The van der Waals surface area contributed by atoms with E-state index in [1.807, 2.05) is 0 Å². The second-order valence-corrected chi connectivity index (χ2v) is 5.82. The molecule has 2 aromatic carbocycles. The maximum Gasteiger partial charge on any atom is 0.0211 e. The Bertz CT molecular complexity index is 539. The monoisotopic (exact) mass is 268 g/mol. The van der Waals surface area contributed by atoms with Gasteiger partial charge in [-0.05, 0) is 61.2 Å². The lowest BCUT2D eigenvalue weighted by molar-refractivity contribution is 0.352. The average molecular weight is 268 g/mol. The molecule has 1 fully saturated rings. The Hall–Kier alpha value is -1.38. The molecule has 0 radical (unpaired) electrons. The van der Waals surface area contributed by atoms with Crippen molar-refractivity contribution in [1.29, 1.82) is 0 Å². The lowest BCUT2D eigenvalue weighted by Gasteiger charge is -2.22. The van der Waals surface area contributed by atoms with Gasteiger partial charge in [-0.25, -0.2) is 0 Å². The molecule has 1 heterocycles. The first kappa shape index (κ1) is 13.6. The summed E-state index contributed by atoms with van der Waals surface area (Å²) in [6.45, 7) is 4.51. The third-order valence-electron chi connectivity index (χ3n) is 4.32. The zero-order valence-electron chi connectivity index (χ0n) is 12.1. The van der Waals surface area contributed by atoms with E-state index in [0.29, 0.717) is 0 Å². The van der Waals surface area contributed by atoms with E-state index < -0.39 is 0 Å². The summed E-state index contributed by atoms with van der Waals surface area (Å²) in [4.78, 5) is 0. The van der Waals surface area contributed by atoms with Crippen LogP contribution in [0.1, 0.15) is 24.8 Å². The van der Waals surface area contributed by atoms with Crippen LogP contribution in [0.2, 0.25) is 0 Å². The lowest BCUT2D eigenvalue weighted by Crippen LogP contribution is -2.31. The number of piperidine rings is 1. The van der Waals surface area contributed by atoms with Crippen molar-refractivity contribution in [2.24, 2.45) is 5.92 Å². The van der Waals surface area contributed by atoms with Crippen molar-refractivity contribution in [3.8, 4) is 0 Å². The van der Waals surface area contributed by atoms with Gasteiger partial charge in [-0.3, -0.25) is 0 Å². The molecule has 2 nitrogen and oxygen atoms in total. The summed E-state index contributed by atoms with van der Waals surface area (Å²) in [5.74, 6) is 0.865. The smallest absolute Gasteiger partial charge is 0.0211 e. The Morgan fingerprint density at radius 1 is 1.10 bits per heavy atom. The molecule has 2 N–H and O–H groups in total. The molecule has 20 heavy (non-hydrogen) atoms. The zero-order chi connectivity index (χ0) is 13.6. The van der Waals surface area contributed by atoms with Gasteiger partial charge in [0.25, 0.3) is 0 Å². The van der Waals surface area contributed by atoms with Gasteiger partial charge < -0.3 is 10.6 Å². The molecule has 2 aromatic rings. The predicted octanol–water partition coefficient (Wildman–Crippen LogP) is 3.32. The number of hydrogen-bond acceptors (Lipinski definition) is 2. The molecule has 1 aliphatic rings. The highest BCUT2D eigenvalue weighted by Crippen LogP contribution is 2.18. The summed E-state index contributed by atoms with van der Waals surface area (Å²) in [6, 6.07) is 15.2. The molecule has 0 bridgehead atoms. The van der Waals surface area contributed by atoms with Crippen LogP contribution in [0.4, 0.5) is 0 Å². The molecule has 1 atom stereocenters. The number of hydrogen-bond donors (Lipinski definition) is 2. The molecule has 3 rings (SSSR count). The quantitative estimate of drug-likeness (QED) is 0.813. The summed E-state index contributed by atoms with van der Waals surface area (Å²) in [5, 5.41) is 9.82. The highest BCUT2D eigenvalue weighted by atomic mass is 14.9. The molecular formula is C18H24N2. The van der Waals surface area contributed by atoms with E-state index in [9.17, 15) is 0 Å². The number of rotatable bonds is 5. The molecule has 1 saturated heterocycles. The van der Waals surface area contributed by atoms with Crippen LogP contribution in [0, 0.1) is 5.92 Å². The maximum absolute atomic E-state index is 3.61. The van der Waals surface area contributed by atoms with E-state index in [0.717, 1.165) is 19.0 Å². The van der Waals surface area contributed by atoms with Gasteiger partial charge in [0.15, 0.2) is 0 Å². The van der Waals surface area contributed by atoms with Crippen LogP contribution in [0.3, 0.4) is 0 Å². The van der Waals surface area contributed by atoms with Crippen LogP contribution in [0.15, 0.2) is 42.5 Å². The minimum Gasteiger partial charge on any atom is -0.316 e.